The molecule has 0 atom stereocenters. The van der Waals surface area contributed by atoms with Crippen molar-refractivity contribution < 1.29 is 19.0 Å². The van der Waals surface area contributed by atoms with Crippen molar-refractivity contribution in [3.63, 3.8) is 0 Å². The van der Waals surface area contributed by atoms with Gasteiger partial charge in [0.05, 0.1) is 26.4 Å². The minimum Gasteiger partial charge on any atom is -0.493 e. The van der Waals surface area contributed by atoms with Crippen LogP contribution in [-0.2, 0) is 11.3 Å². The summed E-state index contributed by atoms with van der Waals surface area (Å²) in [5.41, 5.74) is 1.80. The van der Waals surface area contributed by atoms with Gasteiger partial charge in [0.25, 0.3) is 5.91 Å². The van der Waals surface area contributed by atoms with E-state index in [0.717, 1.165) is 12.8 Å². The second kappa shape index (κ2) is 9.42. The number of hydrogen-bond donors (Lipinski definition) is 0. The molecule has 0 bridgehead atoms. The SMILES string of the molecule is CCOc1ccc(C(=O)N2CCC(OCc3ccccc3)CC2)cc1OC. The Balaban J connectivity index is 1.53. The molecule has 0 unspecified atom stereocenters. The molecule has 1 saturated heterocycles. The third kappa shape index (κ3) is 5.01. The third-order valence-corrected chi connectivity index (χ3v) is 4.77. The molecule has 1 amide bonds. The second-order valence-electron chi connectivity index (χ2n) is 6.59. The van der Waals surface area contributed by atoms with Crippen LogP contribution in [-0.4, -0.2) is 43.7 Å². The predicted octanol–water partition coefficient (Wildman–Crippen LogP) is 3.92. The maximum Gasteiger partial charge on any atom is 0.253 e. The van der Waals surface area contributed by atoms with Gasteiger partial charge >= 0.3 is 0 Å². The maximum absolute atomic E-state index is 12.8. The summed E-state index contributed by atoms with van der Waals surface area (Å²) in [5.74, 6) is 1.27. The Morgan fingerprint density at radius 3 is 2.48 bits per heavy atom. The number of methoxy groups -OCH3 is 1. The van der Waals surface area contributed by atoms with Crippen molar-refractivity contribution in [1.29, 1.82) is 0 Å². The molecule has 2 aromatic rings. The molecule has 0 spiro atoms. The minimum absolute atomic E-state index is 0.0258. The zero-order valence-electron chi connectivity index (χ0n) is 16.0. The molecule has 144 valence electrons. The van der Waals surface area contributed by atoms with Crippen molar-refractivity contribution in [2.24, 2.45) is 0 Å². The summed E-state index contributed by atoms with van der Waals surface area (Å²) in [7, 11) is 1.58. The number of carbonyl (C=O) groups is 1. The first-order valence-electron chi connectivity index (χ1n) is 9.47. The average molecular weight is 369 g/mol. The molecule has 1 fully saturated rings. The van der Waals surface area contributed by atoms with Gasteiger partial charge in [0.15, 0.2) is 11.5 Å². The van der Waals surface area contributed by atoms with Gasteiger partial charge in [0, 0.05) is 18.7 Å². The Bertz CT molecular complexity index is 739. The Morgan fingerprint density at radius 1 is 1.07 bits per heavy atom. The van der Waals surface area contributed by atoms with Crippen molar-refractivity contribution >= 4 is 5.91 Å². The van der Waals surface area contributed by atoms with E-state index < -0.39 is 0 Å². The van der Waals surface area contributed by atoms with Gasteiger partial charge in [-0.2, -0.15) is 0 Å². The van der Waals surface area contributed by atoms with E-state index >= 15 is 0 Å². The number of benzene rings is 2. The van der Waals surface area contributed by atoms with Gasteiger partial charge in [-0.15, -0.1) is 0 Å². The summed E-state index contributed by atoms with van der Waals surface area (Å²) in [6.45, 7) is 4.50. The molecule has 0 aliphatic carbocycles. The lowest BCUT2D eigenvalue weighted by atomic mass is 10.1. The van der Waals surface area contributed by atoms with Crippen molar-refractivity contribution in [2.45, 2.75) is 32.5 Å². The molecule has 27 heavy (non-hydrogen) atoms. The van der Waals surface area contributed by atoms with E-state index in [1.54, 1.807) is 25.3 Å². The number of hydrogen-bond acceptors (Lipinski definition) is 4. The van der Waals surface area contributed by atoms with Crippen LogP contribution >= 0.6 is 0 Å². The highest BCUT2D eigenvalue weighted by Gasteiger charge is 2.24. The molecule has 2 aromatic carbocycles. The first-order valence-corrected chi connectivity index (χ1v) is 9.47. The molecule has 1 heterocycles. The molecule has 0 aromatic heterocycles. The van der Waals surface area contributed by atoms with Crippen LogP contribution in [0.5, 0.6) is 11.5 Å². The second-order valence-corrected chi connectivity index (χ2v) is 6.59. The molecule has 0 radical (unpaired) electrons. The summed E-state index contributed by atoms with van der Waals surface area (Å²) in [6, 6.07) is 15.5. The van der Waals surface area contributed by atoms with Gasteiger partial charge < -0.3 is 19.1 Å². The van der Waals surface area contributed by atoms with E-state index in [-0.39, 0.29) is 12.0 Å². The van der Waals surface area contributed by atoms with E-state index in [4.69, 9.17) is 14.2 Å². The van der Waals surface area contributed by atoms with E-state index in [1.165, 1.54) is 5.56 Å². The summed E-state index contributed by atoms with van der Waals surface area (Å²) in [5, 5.41) is 0. The van der Waals surface area contributed by atoms with Gasteiger partial charge in [-0.3, -0.25) is 4.79 Å². The fourth-order valence-corrected chi connectivity index (χ4v) is 3.27. The minimum atomic E-state index is 0.0258. The highest BCUT2D eigenvalue weighted by Crippen LogP contribution is 2.29. The highest BCUT2D eigenvalue weighted by atomic mass is 16.5. The molecule has 1 aliphatic heterocycles. The summed E-state index contributed by atoms with van der Waals surface area (Å²) in [4.78, 5) is 14.7. The van der Waals surface area contributed by atoms with Crippen LogP contribution in [0, 0.1) is 0 Å². The third-order valence-electron chi connectivity index (χ3n) is 4.77. The van der Waals surface area contributed by atoms with E-state index in [0.29, 0.717) is 43.4 Å². The zero-order chi connectivity index (χ0) is 19.1. The van der Waals surface area contributed by atoms with Crippen LogP contribution < -0.4 is 9.47 Å². The molecule has 3 rings (SSSR count). The van der Waals surface area contributed by atoms with Gasteiger partial charge in [-0.1, -0.05) is 30.3 Å². The molecule has 1 aliphatic rings. The first kappa shape index (κ1) is 19.2. The molecule has 5 heteroatoms. The van der Waals surface area contributed by atoms with Crippen molar-refractivity contribution in [3.8, 4) is 11.5 Å². The maximum atomic E-state index is 12.8. The van der Waals surface area contributed by atoms with Crippen LogP contribution in [0.15, 0.2) is 48.5 Å². The van der Waals surface area contributed by atoms with Crippen LogP contribution in [0.4, 0.5) is 0 Å². The number of carbonyl (C=O) groups excluding carboxylic acids is 1. The van der Waals surface area contributed by atoms with E-state index in [2.05, 4.69) is 12.1 Å². The molecular formula is C22H27NO4. The monoisotopic (exact) mass is 369 g/mol. The Morgan fingerprint density at radius 2 is 1.81 bits per heavy atom. The number of piperidine rings is 1. The van der Waals surface area contributed by atoms with Crippen molar-refractivity contribution in [3.05, 3.63) is 59.7 Å². The molecular weight excluding hydrogens is 342 g/mol. The van der Waals surface area contributed by atoms with Crippen LogP contribution in [0.1, 0.15) is 35.7 Å². The van der Waals surface area contributed by atoms with Gasteiger partial charge in [-0.25, -0.2) is 0 Å². The summed E-state index contributed by atoms with van der Waals surface area (Å²) in [6.07, 6.45) is 1.91. The number of likely N-dealkylation sites (tertiary alicyclic amines) is 1. The zero-order valence-corrected chi connectivity index (χ0v) is 16.0. The largest absolute Gasteiger partial charge is 0.493 e. The molecule has 0 saturated carbocycles. The normalized spacial score (nSPS) is 14.8. The quantitative estimate of drug-likeness (QED) is 0.742. The number of nitrogens with zero attached hydrogens (tertiary/aromatic N) is 1. The molecule has 5 nitrogen and oxygen atoms in total. The average Bonchev–Trinajstić information content (AvgIpc) is 2.73. The van der Waals surface area contributed by atoms with Crippen LogP contribution in [0.25, 0.3) is 0 Å². The lowest BCUT2D eigenvalue weighted by Gasteiger charge is -2.32. The van der Waals surface area contributed by atoms with Gasteiger partial charge in [0.2, 0.25) is 0 Å². The smallest absolute Gasteiger partial charge is 0.253 e. The van der Waals surface area contributed by atoms with Gasteiger partial charge in [-0.05, 0) is 43.5 Å². The fourth-order valence-electron chi connectivity index (χ4n) is 3.27. The Hall–Kier alpha value is -2.53. The lowest BCUT2D eigenvalue weighted by Crippen LogP contribution is -2.40. The fraction of sp³-hybridized carbons (Fsp3) is 0.409. The highest BCUT2D eigenvalue weighted by molar-refractivity contribution is 5.95. The Labute approximate surface area is 160 Å². The lowest BCUT2D eigenvalue weighted by molar-refractivity contribution is -0.000386. The van der Waals surface area contributed by atoms with E-state index in [9.17, 15) is 4.79 Å². The number of ether oxygens (including phenoxy) is 3. The standard InChI is InChI=1S/C22H27NO4/c1-3-26-20-10-9-18(15-21(20)25-2)22(24)23-13-11-19(12-14-23)27-16-17-7-5-4-6-8-17/h4-10,15,19H,3,11-14,16H2,1-2H3. The summed E-state index contributed by atoms with van der Waals surface area (Å²) >= 11 is 0. The van der Waals surface area contributed by atoms with Crippen molar-refractivity contribution in [1.82, 2.24) is 4.90 Å². The summed E-state index contributed by atoms with van der Waals surface area (Å²) < 4.78 is 16.9. The van der Waals surface area contributed by atoms with Gasteiger partial charge in [0.1, 0.15) is 0 Å². The topological polar surface area (TPSA) is 48.0 Å². The van der Waals surface area contributed by atoms with Crippen molar-refractivity contribution in [2.75, 3.05) is 26.8 Å². The van der Waals surface area contributed by atoms with E-state index in [1.807, 2.05) is 30.0 Å². The number of amides is 1. The number of rotatable bonds is 7. The molecule has 0 N–H and O–H groups in total. The Kier molecular flexibility index (Phi) is 6.71. The first-order chi connectivity index (χ1) is 13.2. The predicted molar refractivity (Wildman–Crippen MR) is 104 cm³/mol. The van der Waals surface area contributed by atoms with Crippen LogP contribution in [0.2, 0.25) is 0 Å². The van der Waals surface area contributed by atoms with Crippen LogP contribution in [0.3, 0.4) is 0 Å².